The van der Waals surface area contributed by atoms with Crippen LogP contribution in [0.1, 0.15) is 44.6 Å². The van der Waals surface area contributed by atoms with Gasteiger partial charge in [0, 0.05) is 44.5 Å². The molecule has 3 heterocycles. The Balaban J connectivity index is 1.42. The van der Waals surface area contributed by atoms with Crippen molar-refractivity contribution < 1.29 is 8.42 Å². The summed E-state index contributed by atoms with van der Waals surface area (Å²) in [5, 5.41) is 0. The standard InChI is InChI=1S/C20H31N3O2S/c1-17-6-4-12-22(16-17)26(24,25)21-14-10-19(11-15-21)23-13-5-8-18-7-2-3-9-20(18)23/h2-3,7,9,17,19H,4-6,8,10-16H2,1H3/t17-/m0/s1. The molecule has 2 saturated heterocycles. The second-order valence-corrected chi connectivity index (χ2v) is 10.1. The van der Waals surface area contributed by atoms with Crippen LogP contribution in [0.5, 0.6) is 0 Å². The zero-order valence-corrected chi connectivity index (χ0v) is 16.6. The highest BCUT2D eigenvalue weighted by Gasteiger charge is 2.36. The van der Waals surface area contributed by atoms with Gasteiger partial charge in [-0.05, 0) is 56.1 Å². The lowest BCUT2D eigenvalue weighted by Crippen LogP contribution is -2.53. The maximum Gasteiger partial charge on any atom is 0.281 e. The largest absolute Gasteiger partial charge is 0.368 e. The van der Waals surface area contributed by atoms with Crippen LogP contribution in [0.3, 0.4) is 0 Å². The third-order valence-electron chi connectivity index (χ3n) is 6.28. The summed E-state index contributed by atoms with van der Waals surface area (Å²) in [5.74, 6) is 0.473. The summed E-state index contributed by atoms with van der Waals surface area (Å²) in [6, 6.07) is 9.17. The van der Waals surface area contributed by atoms with E-state index in [1.54, 1.807) is 8.61 Å². The summed E-state index contributed by atoms with van der Waals surface area (Å²) in [4.78, 5) is 2.53. The number of anilines is 1. The van der Waals surface area contributed by atoms with Crippen LogP contribution in [-0.4, -0.2) is 55.8 Å². The molecule has 26 heavy (non-hydrogen) atoms. The predicted octanol–water partition coefficient (Wildman–Crippen LogP) is 2.88. The zero-order valence-electron chi connectivity index (χ0n) is 15.8. The highest BCUT2D eigenvalue weighted by Crippen LogP contribution is 2.32. The Hall–Kier alpha value is -1.11. The van der Waals surface area contributed by atoms with E-state index in [4.69, 9.17) is 0 Å². The fourth-order valence-corrected chi connectivity index (χ4v) is 6.65. The molecule has 2 fully saturated rings. The van der Waals surface area contributed by atoms with Crippen LogP contribution in [0.2, 0.25) is 0 Å². The van der Waals surface area contributed by atoms with Crippen LogP contribution >= 0.6 is 0 Å². The molecule has 3 aliphatic heterocycles. The molecule has 0 aliphatic carbocycles. The van der Waals surface area contributed by atoms with Crippen LogP contribution in [0.4, 0.5) is 5.69 Å². The quantitative estimate of drug-likeness (QED) is 0.814. The maximum absolute atomic E-state index is 13.0. The van der Waals surface area contributed by atoms with E-state index in [2.05, 4.69) is 36.1 Å². The highest BCUT2D eigenvalue weighted by molar-refractivity contribution is 7.86. The van der Waals surface area contributed by atoms with E-state index in [0.29, 0.717) is 38.1 Å². The van der Waals surface area contributed by atoms with Gasteiger partial charge in [-0.1, -0.05) is 25.1 Å². The summed E-state index contributed by atoms with van der Waals surface area (Å²) in [6.45, 7) is 5.92. The molecule has 0 radical (unpaired) electrons. The Morgan fingerprint density at radius 3 is 2.46 bits per heavy atom. The van der Waals surface area contributed by atoms with E-state index in [0.717, 1.165) is 38.6 Å². The fourth-order valence-electron chi connectivity index (χ4n) is 4.85. The highest BCUT2D eigenvalue weighted by atomic mass is 32.2. The first-order valence-corrected chi connectivity index (χ1v) is 11.5. The molecule has 1 aromatic rings. The van der Waals surface area contributed by atoms with E-state index in [-0.39, 0.29) is 0 Å². The van der Waals surface area contributed by atoms with Crippen molar-refractivity contribution in [3.63, 3.8) is 0 Å². The Labute approximate surface area is 158 Å². The van der Waals surface area contributed by atoms with Crippen molar-refractivity contribution in [2.45, 2.75) is 51.5 Å². The number of hydrogen-bond donors (Lipinski definition) is 0. The van der Waals surface area contributed by atoms with Crippen molar-refractivity contribution >= 4 is 15.9 Å². The number of nitrogens with zero attached hydrogens (tertiary/aromatic N) is 3. The van der Waals surface area contributed by atoms with Gasteiger partial charge in [-0.25, -0.2) is 0 Å². The molecule has 0 spiro atoms. The molecule has 5 nitrogen and oxygen atoms in total. The minimum Gasteiger partial charge on any atom is -0.368 e. The summed E-state index contributed by atoms with van der Waals surface area (Å²) >= 11 is 0. The van der Waals surface area contributed by atoms with Gasteiger partial charge in [0.05, 0.1) is 0 Å². The van der Waals surface area contributed by atoms with Crippen molar-refractivity contribution in [2.24, 2.45) is 5.92 Å². The summed E-state index contributed by atoms with van der Waals surface area (Å²) in [6.07, 6.45) is 6.34. The third kappa shape index (κ3) is 3.51. The third-order valence-corrected chi connectivity index (χ3v) is 8.28. The molecule has 144 valence electrons. The van der Waals surface area contributed by atoms with Gasteiger partial charge in [0.15, 0.2) is 0 Å². The van der Waals surface area contributed by atoms with E-state index in [9.17, 15) is 8.42 Å². The predicted molar refractivity (Wildman–Crippen MR) is 106 cm³/mol. The molecule has 0 amide bonds. The van der Waals surface area contributed by atoms with Gasteiger partial charge >= 0.3 is 0 Å². The van der Waals surface area contributed by atoms with Gasteiger partial charge in [-0.3, -0.25) is 0 Å². The molecule has 4 rings (SSSR count). The van der Waals surface area contributed by atoms with E-state index < -0.39 is 10.2 Å². The van der Waals surface area contributed by atoms with Crippen LogP contribution < -0.4 is 4.90 Å². The molecule has 0 bridgehead atoms. The number of aryl methyl sites for hydroxylation is 1. The monoisotopic (exact) mass is 377 g/mol. The average Bonchev–Trinajstić information content (AvgIpc) is 2.68. The van der Waals surface area contributed by atoms with Crippen LogP contribution in [0.25, 0.3) is 0 Å². The average molecular weight is 378 g/mol. The SMILES string of the molecule is C[C@H]1CCCN(S(=O)(=O)N2CCC(N3CCCc4ccccc43)CC2)C1. The normalized spacial score (nSPS) is 26.7. The molecule has 0 saturated carbocycles. The van der Waals surface area contributed by atoms with Gasteiger partial charge in [-0.2, -0.15) is 17.0 Å². The molecule has 0 N–H and O–H groups in total. The molecule has 0 unspecified atom stereocenters. The summed E-state index contributed by atoms with van der Waals surface area (Å²) < 4.78 is 29.5. The van der Waals surface area contributed by atoms with Crippen LogP contribution in [0, 0.1) is 5.92 Å². The van der Waals surface area contributed by atoms with Crippen molar-refractivity contribution in [2.75, 3.05) is 37.6 Å². The Morgan fingerprint density at radius 1 is 0.923 bits per heavy atom. The molecule has 1 aromatic carbocycles. The lowest BCUT2D eigenvalue weighted by Gasteiger charge is -2.43. The van der Waals surface area contributed by atoms with Gasteiger partial charge < -0.3 is 4.90 Å². The molecular formula is C20H31N3O2S. The lowest BCUT2D eigenvalue weighted by molar-refractivity contribution is 0.240. The molecule has 0 aromatic heterocycles. The minimum atomic E-state index is -3.28. The first-order chi connectivity index (χ1) is 12.6. The maximum atomic E-state index is 13.0. The van der Waals surface area contributed by atoms with E-state index >= 15 is 0 Å². The molecular weight excluding hydrogens is 346 g/mol. The van der Waals surface area contributed by atoms with Gasteiger partial charge in [0.2, 0.25) is 0 Å². The Morgan fingerprint density at radius 2 is 1.69 bits per heavy atom. The molecule has 1 atom stereocenters. The Kier molecular flexibility index (Phi) is 5.26. The van der Waals surface area contributed by atoms with Gasteiger partial charge in [-0.15, -0.1) is 0 Å². The number of hydrogen-bond acceptors (Lipinski definition) is 3. The van der Waals surface area contributed by atoms with Crippen LogP contribution in [-0.2, 0) is 16.6 Å². The second-order valence-electron chi connectivity index (χ2n) is 8.17. The number of benzene rings is 1. The second kappa shape index (κ2) is 7.49. The molecule has 3 aliphatic rings. The molecule has 6 heteroatoms. The minimum absolute atomic E-state index is 0.461. The van der Waals surface area contributed by atoms with Crippen molar-refractivity contribution in [3.05, 3.63) is 29.8 Å². The number of rotatable bonds is 3. The van der Waals surface area contributed by atoms with E-state index in [1.807, 2.05) is 0 Å². The first kappa shape index (κ1) is 18.3. The van der Waals surface area contributed by atoms with Gasteiger partial charge in [0.25, 0.3) is 10.2 Å². The van der Waals surface area contributed by atoms with Crippen LogP contribution in [0.15, 0.2) is 24.3 Å². The Bertz CT molecular complexity index is 728. The van der Waals surface area contributed by atoms with Crippen molar-refractivity contribution in [3.8, 4) is 0 Å². The van der Waals surface area contributed by atoms with Gasteiger partial charge in [0.1, 0.15) is 0 Å². The number of fused-ring (bicyclic) bond motifs is 1. The lowest BCUT2D eigenvalue weighted by atomic mass is 9.96. The number of piperidine rings is 2. The smallest absolute Gasteiger partial charge is 0.281 e. The van der Waals surface area contributed by atoms with Crippen molar-refractivity contribution in [1.29, 1.82) is 0 Å². The van der Waals surface area contributed by atoms with E-state index in [1.165, 1.54) is 17.7 Å². The number of para-hydroxylation sites is 1. The topological polar surface area (TPSA) is 43.9 Å². The summed E-state index contributed by atoms with van der Waals surface area (Å²) in [5.41, 5.74) is 2.81. The zero-order chi connectivity index (χ0) is 18.1. The fraction of sp³-hybridized carbons (Fsp3) is 0.700. The summed E-state index contributed by atoms with van der Waals surface area (Å²) in [7, 11) is -3.28. The van der Waals surface area contributed by atoms with Crippen molar-refractivity contribution in [1.82, 2.24) is 8.61 Å². The first-order valence-electron chi connectivity index (χ1n) is 10.2.